The van der Waals surface area contributed by atoms with Crippen molar-refractivity contribution < 1.29 is 23.9 Å². The molecule has 1 saturated heterocycles. The normalized spacial score (nSPS) is 17.7. The summed E-state index contributed by atoms with van der Waals surface area (Å²) in [5, 5.41) is 2.74. The van der Waals surface area contributed by atoms with E-state index in [-0.39, 0.29) is 12.5 Å². The maximum absolute atomic E-state index is 13.3. The van der Waals surface area contributed by atoms with Gasteiger partial charge >= 0.3 is 6.03 Å². The number of imide groups is 1. The fourth-order valence-electron chi connectivity index (χ4n) is 3.89. The van der Waals surface area contributed by atoms with Gasteiger partial charge in [0.25, 0.3) is 5.91 Å². The molecular formula is C25H31N3O5. The molecule has 0 saturated carbocycles. The molecule has 1 aliphatic heterocycles. The number of ether oxygens (including phenoxy) is 2. The topological polar surface area (TPSA) is 88.2 Å². The number of carbonyl (C=O) groups is 3. The Morgan fingerprint density at radius 2 is 1.73 bits per heavy atom. The number of methoxy groups -OCH3 is 2. The van der Waals surface area contributed by atoms with Gasteiger partial charge in [-0.2, -0.15) is 0 Å². The molecule has 3 rings (SSSR count). The first-order valence-electron chi connectivity index (χ1n) is 10.9. The Morgan fingerprint density at radius 1 is 1.06 bits per heavy atom. The SMILES string of the molecule is CCCN(Cc1ccc(C)cc1)C(=O)CN1C(=O)NC(C)(c2ccc(OC)c(OC)c2)C1=O. The van der Waals surface area contributed by atoms with Gasteiger partial charge < -0.3 is 19.7 Å². The van der Waals surface area contributed by atoms with Gasteiger partial charge in [0.1, 0.15) is 12.1 Å². The van der Waals surface area contributed by atoms with Gasteiger partial charge in [-0.15, -0.1) is 0 Å². The molecule has 1 fully saturated rings. The third kappa shape index (κ3) is 4.94. The first-order chi connectivity index (χ1) is 15.7. The molecule has 1 aliphatic rings. The maximum Gasteiger partial charge on any atom is 0.325 e. The second-order valence-electron chi connectivity index (χ2n) is 8.32. The molecule has 0 aromatic heterocycles. The fourth-order valence-corrected chi connectivity index (χ4v) is 3.89. The van der Waals surface area contributed by atoms with Gasteiger partial charge in [0.15, 0.2) is 11.5 Å². The Labute approximate surface area is 194 Å². The summed E-state index contributed by atoms with van der Waals surface area (Å²) in [5.74, 6) is 0.192. The number of carbonyl (C=O) groups excluding carboxylic acids is 3. The molecule has 1 heterocycles. The zero-order valence-electron chi connectivity index (χ0n) is 19.8. The Morgan fingerprint density at radius 3 is 2.33 bits per heavy atom. The second kappa shape index (κ2) is 9.94. The van der Waals surface area contributed by atoms with E-state index in [1.54, 1.807) is 30.0 Å². The van der Waals surface area contributed by atoms with Crippen molar-refractivity contribution in [2.75, 3.05) is 27.3 Å². The zero-order valence-corrected chi connectivity index (χ0v) is 19.8. The summed E-state index contributed by atoms with van der Waals surface area (Å²) in [5.41, 5.74) is 1.36. The van der Waals surface area contributed by atoms with E-state index in [2.05, 4.69) is 5.32 Å². The van der Waals surface area contributed by atoms with Crippen molar-refractivity contribution in [3.63, 3.8) is 0 Å². The van der Waals surface area contributed by atoms with E-state index < -0.39 is 17.5 Å². The van der Waals surface area contributed by atoms with Crippen LogP contribution in [0.25, 0.3) is 0 Å². The average molecular weight is 454 g/mol. The van der Waals surface area contributed by atoms with E-state index >= 15 is 0 Å². The van der Waals surface area contributed by atoms with Crippen LogP contribution < -0.4 is 14.8 Å². The predicted octanol–water partition coefficient (Wildman–Crippen LogP) is 3.22. The number of nitrogens with zero attached hydrogens (tertiary/aromatic N) is 2. The van der Waals surface area contributed by atoms with Crippen molar-refractivity contribution >= 4 is 17.8 Å². The van der Waals surface area contributed by atoms with Crippen LogP contribution in [0.3, 0.4) is 0 Å². The van der Waals surface area contributed by atoms with Crippen molar-refractivity contribution in [3.05, 3.63) is 59.2 Å². The van der Waals surface area contributed by atoms with Gasteiger partial charge in [-0.25, -0.2) is 4.79 Å². The van der Waals surface area contributed by atoms with Crippen LogP contribution in [-0.4, -0.2) is 55.0 Å². The number of benzene rings is 2. The largest absolute Gasteiger partial charge is 0.493 e. The maximum atomic E-state index is 13.3. The second-order valence-corrected chi connectivity index (χ2v) is 8.32. The predicted molar refractivity (Wildman–Crippen MR) is 124 cm³/mol. The quantitative estimate of drug-likeness (QED) is 0.589. The Balaban J connectivity index is 1.79. The molecule has 1 N–H and O–H groups in total. The molecule has 1 atom stereocenters. The highest BCUT2D eigenvalue weighted by atomic mass is 16.5. The van der Waals surface area contributed by atoms with E-state index in [1.165, 1.54) is 14.2 Å². The minimum atomic E-state index is -1.32. The van der Waals surface area contributed by atoms with Crippen molar-refractivity contribution in [3.8, 4) is 11.5 Å². The number of urea groups is 1. The van der Waals surface area contributed by atoms with Gasteiger partial charge in [0, 0.05) is 13.1 Å². The summed E-state index contributed by atoms with van der Waals surface area (Å²) in [6.45, 7) is 6.24. The molecule has 0 spiro atoms. The summed E-state index contributed by atoms with van der Waals surface area (Å²) in [4.78, 5) is 41.8. The molecule has 2 aromatic rings. The lowest BCUT2D eigenvalue weighted by Crippen LogP contribution is -2.44. The highest BCUT2D eigenvalue weighted by molar-refractivity contribution is 6.09. The summed E-state index contributed by atoms with van der Waals surface area (Å²) in [6.07, 6.45) is 0.765. The van der Waals surface area contributed by atoms with E-state index in [9.17, 15) is 14.4 Å². The van der Waals surface area contributed by atoms with E-state index in [4.69, 9.17) is 9.47 Å². The highest BCUT2D eigenvalue weighted by Crippen LogP contribution is 2.35. The number of rotatable bonds is 9. The van der Waals surface area contributed by atoms with Gasteiger partial charge in [-0.3, -0.25) is 14.5 Å². The highest BCUT2D eigenvalue weighted by Gasteiger charge is 2.50. The summed E-state index contributed by atoms with van der Waals surface area (Å²) < 4.78 is 10.6. The van der Waals surface area contributed by atoms with Crippen LogP contribution in [-0.2, 0) is 21.7 Å². The van der Waals surface area contributed by atoms with Crippen molar-refractivity contribution in [1.29, 1.82) is 0 Å². The lowest BCUT2D eigenvalue weighted by atomic mass is 9.91. The third-order valence-electron chi connectivity index (χ3n) is 5.87. The van der Waals surface area contributed by atoms with Crippen LogP contribution in [0.15, 0.2) is 42.5 Å². The molecule has 176 valence electrons. The molecule has 0 aliphatic carbocycles. The van der Waals surface area contributed by atoms with E-state index in [0.717, 1.165) is 22.4 Å². The monoisotopic (exact) mass is 453 g/mol. The number of hydrogen-bond acceptors (Lipinski definition) is 5. The summed E-state index contributed by atoms with van der Waals surface area (Å²) >= 11 is 0. The number of nitrogens with one attached hydrogen (secondary N) is 1. The lowest BCUT2D eigenvalue weighted by Gasteiger charge is -2.25. The number of amides is 4. The molecule has 0 bridgehead atoms. The standard InChI is InChI=1S/C25H31N3O5/c1-6-13-27(15-18-9-7-17(2)8-10-18)22(29)16-28-23(30)25(3,26-24(28)31)19-11-12-20(32-4)21(14-19)33-5/h7-12,14H,6,13,15-16H2,1-5H3,(H,26,31). The van der Waals surface area contributed by atoms with Crippen LogP contribution in [0.1, 0.15) is 37.0 Å². The zero-order chi connectivity index (χ0) is 24.2. The fraction of sp³-hybridized carbons (Fsp3) is 0.400. The van der Waals surface area contributed by atoms with Gasteiger partial charge in [0.2, 0.25) is 5.91 Å². The number of aryl methyl sites for hydroxylation is 1. The van der Waals surface area contributed by atoms with Crippen molar-refractivity contribution in [2.24, 2.45) is 0 Å². The molecule has 2 aromatic carbocycles. The minimum absolute atomic E-state index is 0.280. The minimum Gasteiger partial charge on any atom is -0.493 e. The molecule has 4 amide bonds. The summed E-state index contributed by atoms with van der Waals surface area (Å²) in [7, 11) is 3.02. The first-order valence-corrected chi connectivity index (χ1v) is 10.9. The van der Waals surface area contributed by atoms with Gasteiger partial charge in [-0.05, 0) is 43.5 Å². The molecule has 33 heavy (non-hydrogen) atoms. The third-order valence-corrected chi connectivity index (χ3v) is 5.87. The van der Waals surface area contributed by atoms with Crippen LogP contribution >= 0.6 is 0 Å². The Bertz CT molecular complexity index is 1040. The van der Waals surface area contributed by atoms with Gasteiger partial charge in [0.05, 0.1) is 14.2 Å². The van der Waals surface area contributed by atoms with E-state index in [1.807, 2.05) is 38.1 Å². The molecule has 8 nitrogen and oxygen atoms in total. The average Bonchev–Trinajstić information content (AvgIpc) is 3.03. The van der Waals surface area contributed by atoms with Crippen LogP contribution in [0, 0.1) is 6.92 Å². The smallest absolute Gasteiger partial charge is 0.325 e. The van der Waals surface area contributed by atoms with Gasteiger partial charge in [-0.1, -0.05) is 42.8 Å². The summed E-state index contributed by atoms with van der Waals surface area (Å²) in [6, 6.07) is 12.4. The molecule has 1 unspecified atom stereocenters. The Hall–Kier alpha value is -3.55. The molecular weight excluding hydrogens is 422 g/mol. The number of hydrogen-bond donors (Lipinski definition) is 1. The Kier molecular flexibility index (Phi) is 7.26. The van der Waals surface area contributed by atoms with Crippen molar-refractivity contribution in [2.45, 2.75) is 39.3 Å². The molecule has 0 radical (unpaired) electrons. The van der Waals surface area contributed by atoms with Crippen molar-refractivity contribution in [1.82, 2.24) is 15.1 Å². The molecule has 8 heteroatoms. The van der Waals surface area contributed by atoms with Crippen LogP contribution in [0.4, 0.5) is 4.79 Å². The van der Waals surface area contributed by atoms with Crippen LogP contribution in [0.2, 0.25) is 0 Å². The lowest BCUT2D eigenvalue weighted by molar-refractivity contribution is -0.139. The van der Waals surface area contributed by atoms with Crippen LogP contribution in [0.5, 0.6) is 11.5 Å². The first kappa shape index (κ1) is 24.1. The van der Waals surface area contributed by atoms with E-state index in [0.29, 0.717) is 30.2 Å².